The molecule has 3 nitrogen and oxygen atoms in total. The predicted molar refractivity (Wildman–Crippen MR) is 59.6 cm³/mol. The van der Waals surface area contributed by atoms with Crippen LogP contribution < -0.4 is 10.8 Å². The minimum atomic E-state index is 0.477. The molecule has 0 saturated heterocycles. The summed E-state index contributed by atoms with van der Waals surface area (Å²) in [7, 11) is 3.97. The van der Waals surface area contributed by atoms with Gasteiger partial charge in [0.2, 0.25) is 0 Å². The van der Waals surface area contributed by atoms with Gasteiger partial charge in [-0.2, -0.15) is 0 Å². The number of hydrogen-bond acceptors (Lipinski definition) is 3. The van der Waals surface area contributed by atoms with Crippen molar-refractivity contribution in [1.29, 1.82) is 0 Å². The molecule has 0 fully saturated rings. The molecule has 0 heterocycles. The van der Waals surface area contributed by atoms with Crippen LogP contribution >= 0.6 is 11.6 Å². The molecule has 0 spiro atoms. The lowest BCUT2D eigenvalue weighted by Crippen LogP contribution is -2.13. The van der Waals surface area contributed by atoms with Crippen molar-refractivity contribution in [1.82, 2.24) is 0 Å². The summed E-state index contributed by atoms with van der Waals surface area (Å²) in [6.45, 7) is 0.477. The van der Waals surface area contributed by atoms with Gasteiger partial charge in [0.15, 0.2) is 0 Å². The SMILES string of the molecule is CN(C)c1cccc(Cl)c1CCON. The van der Waals surface area contributed by atoms with Crippen molar-refractivity contribution in [3.05, 3.63) is 28.8 Å². The average molecular weight is 215 g/mol. The normalized spacial score (nSPS) is 10.3. The van der Waals surface area contributed by atoms with Crippen molar-refractivity contribution in [3.63, 3.8) is 0 Å². The number of anilines is 1. The Kier molecular flexibility index (Phi) is 4.20. The highest BCUT2D eigenvalue weighted by molar-refractivity contribution is 6.31. The van der Waals surface area contributed by atoms with E-state index in [1.807, 2.05) is 37.2 Å². The van der Waals surface area contributed by atoms with Crippen LogP contribution in [0.25, 0.3) is 0 Å². The molecule has 1 aromatic rings. The van der Waals surface area contributed by atoms with Crippen LogP contribution in [0.5, 0.6) is 0 Å². The molecule has 78 valence electrons. The number of nitrogens with two attached hydrogens (primary N) is 1. The Labute approximate surface area is 89.4 Å². The van der Waals surface area contributed by atoms with Crippen molar-refractivity contribution in [2.75, 3.05) is 25.6 Å². The second-order valence-electron chi connectivity index (χ2n) is 3.25. The smallest absolute Gasteiger partial charge is 0.0720 e. The van der Waals surface area contributed by atoms with Crippen molar-refractivity contribution in [2.45, 2.75) is 6.42 Å². The summed E-state index contributed by atoms with van der Waals surface area (Å²) < 4.78 is 0. The van der Waals surface area contributed by atoms with Gasteiger partial charge in [0.25, 0.3) is 0 Å². The summed E-state index contributed by atoms with van der Waals surface area (Å²) in [6.07, 6.45) is 0.726. The third-order valence-electron chi connectivity index (χ3n) is 2.05. The van der Waals surface area contributed by atoms with E-state index in [4.69, 9.17) is 17.5 Å². The Morgan fingerprint density at radius 1 is 1.43 bits per heavy atom. The topological polar surface area (TPSA) is 38.5 Å². The molecule has 0 bridgehead atoms. The van der Waals surface area contributed by atoms with E-state index in [1.165, 1.54) is 0 Å². The number of hydrogen-bond donors (Lipinski definition) is 1. The molecular formula is C10H15ClN2O. The first-order chi connectivity index (χ1) is 6.66. The minimum absolute atomic E-state index is 0.477. The highest BCUT2D eigenvalue weighted by Crippen LogP contribution is 2.26. The Morgan fingerprint density at radius 3 is 2.71 bits per heavy atom. The number of nitrogens with zero attached hydrogens (tertiary/aromatic N) is 1. The van der Waals surface area contributed by atoms with Crippen LogP contribution in [0.4, 0.5) is 5.69 Å². The summed E-state index contributed by atoms with van der Waals surface area (Å²) in [6, 6.07) is 5.84. The molecule has 0 aliphatic heterocycles. The van der Waals surface area contributed by atoms with Crippen molar-refractivity contribution < 1.29 is 4.84 Å². The second kappa shape index (κ2) is 5.20. The lowest BCUT2D eigenvalue weighted by atomic mass is 10.1. The minimum Gasteiger partial charge on any atom is -0.377 e. The standard InChI is InChI=1S/C10H15ClN2O/c1-13(2)10-5-3-4-9(11)8(10)6-7-14-12/h3-5H,6-7,12H2,1-2H3. The molecule has 0 saturated carbocycles. The molecule has 0 unspecified atom stereocenters. The maximum Gasteiger partial charge on any atom is 0.0720 e. The van der Waals surface area contributed by atoms with E-state index in [0.29, 0.717) is 6.61 Å². The molecule has 2 N–H and O–H groups in total. The molecule has 14 heavy (non-hydrogen) atoms. The van der Waals surface area contributed by atoms with Gasteiger partial charge >= 0.3 is 0 Å². The van der Waals surface area contributed by atoms with Gasteiger partial charge in [0, 0.05) is 31.2 Å². The third-order valence-corrected chi connectivity index (χ3v) is 2.40. The molecule has 0 aliphatic carbocycles. The van der Waals surface area contributed by atoms with Gasteiger partial charge in [-0.3, -0.25) is 0 Å². The van der Waals surface area contributed by atoms with E-state index < -0.39 is 0 Å². The predicted octanol–water partition coefficient (Wildman–Crippen LogP) is 1.84. The zero-order valence-electron chi connectivity index (χ0n) is 8.46. The molecule has 1 rings (SSSR count). The molecule has 0 aliphatic rings. The van der Waals surface area contributed by atoms with Crippen molar-refractivity contribution in [3.8, 4) is 0 Å². The Bertz CT molecular complexity index is 302. The Balaban J connectivity index is 2.96. The van der Waals surface area contributed by atoms with Crippen molar-refractivity contribution in [2.24, 2.45) is 5.90 Å². The van der Waals surface area contributed by atoms with E-state index in [-0.39, 0.29) is 0 Å². The van der Waals surface area contributed by atoms with Gasteiger partial charge in [-0.1, -0.05) is 17.7 Å². The first-order valence-electron chi connectivity index (χ1n) is 4.43. The summed E-state index contributed by atoms with van der Waals surface area (Å²) in [5, 5.41) is 0.758. The highest BCUT2D eigenvalue weighted by atomic mass is 35.5. The lowest BCUT2D eigenvalue weighted by molar-refractivity contribution is 0.141. The van der Waals surface area contributed by atoms with E-state index >= 15 is 0 Å². The molecule has 4 heteroatoms. The van der Waals surface area contributed by atoms with Crippen LogP contribution in [0.3, 0.4) is 0 Å². The molecule has 0 amide bonds. The third kappa shape index (κ3) is 2.61. The second-order valence-corrected chi connectivity index (χ2v) is 3.66. The maximum absolute atomic E-state index is 6.09. The van der Waals surface area contributed by atoms with Gasteiger partial charge in [-0.05, 0) is 17.7 Å². The molecule has 0 radical (unpaired) electrons. The summed E-state index contributed by atoms with van der Waals surface area (Å²) in [5.41, 5.74) is 2.18. The lowest BCUT2D eigenvalue weighted by Gasteiger charge is -2.18. The van der Waals surface area contributed by atoms with Crippen molar-refractivity contribution >= 4 is 17.3 Å². The Morgan fingerprint density at radius 2 is 2.14 bits per heavy atom. The summed E-state index contributed by atoms with van der Waals surface area (Å²) in [4.78, 5) is 6.58. The first kappa shape index (κ1) is 11.3. The Hall–Kier alpha value is -0.770. The van der Waals surface area contributed by atoms with Crippen LogP contribution in [0.15, 0.2) is 18.2 Å². The van der Waals surface area contributed by atoms with Crippen LogP contribution in [-0.2, 0) is 11.3 Å². The fourth-order valence-corrected chi connectivity index (χ4v) is 1.64. The van der Waals surface area contributed by atoms with E-state index in [1.54, 1.807) is 0 Å². The number of rotatable bonds is 4. The number of halogens is 1. The van der Waals surface area contributed by atoms with Crippen LogP contribution in [0, 0.1) is 0 Å². The molecule has 0 atom stereocenters. The van der Waals surface area contributed by atoms with Crippen LogP contribution in [0.2, 0.25) is 5.02 Å². The summed E-state index contributed by atoms with van der Waals surface area (Å²) >= 11 is 6.09. The quantitative estimate of drug-likeness (QED) is 0.778. The van der Waals surface area contributed by atoms with Crippen LogP contribution in [-0.4, -0.2) is 20.7 Å². The maximum atomic E-state index is 6.09. The van der Waals surface area contributed by atoms with Gasteiger partial charge in [-0.25, -0.2) is 5.90 Å². The van der Waals surface area contributed by atoms with Gasteiger partial charge in [-0.15, -0.1) is 0 Å². The van der Waals surface area contributed by atoms with Gasteiger partial charge in [0.1, 0.15) is 0 Å². The first-order valence-corrected chi connectivity index (χ1v) is 4.81. The molecule has 1 aromatic carbocycles. The summed E-state index contributed by atoms with van der Waals surface area (Å²) in [5.74, 6) is 5.00. The number of benzene rings is 1. The highest BCUT2D eigenvalue weighted by Gasteiger charge is 2.07. The molecule has 0 aromatic heterocycles. The average Bonchev–Trinajstić information content (AvgIpc) is 2.15. The van der Waals surface area contributed by atoms with E-state index in [2.05, 4.69) is 4.84 Å². The van der Waals surface area contributed by atoms with E-state index in [0.717, 1.165) is 22.7 Å². The fourth-order valence-electron chi connectivity index (χ4n) is 1.37. The molecular weight excluding hydrogens is 200 g/mol. The monoisotopic (exact) mass is 214 g/mol. The largest absolute Gasteiger partial charge is 0.377 e. The van der Waals surface area contributed by atoms with E-state index in [9.17, 15) is 0 Å². The zero-order valence-corrected chi connectivity index (χ0v) is 9.21. The van der Waals surface area contributed by atoms with Gasteiger partial charge in [0.05, 0.1) is 6.61 Å². The fraction of sp³-hybridized carbons (Fsp3) is 0.400. The van der Waals surface area contributed by atoms with Crippen LogP contribution in [0.1, 0.15) is 5.56 Å². The van der Waals surface area contributed by atoms with Gasteiger partial charge < -0.3 is 9.74 Å². The zero-order chi connectivity index (χ0) is 10.6.